The summed E-state index contributed by atoms with van der Waals surface area (Å²) in [5.74, 6) is -2.65. The SMILES string of the molecule is COC(=O)c1ccc(OCCOCc2ccccc2)c(F)c1-c1c(Cl)c(F)cc2c1CC1(c3ccccc3)CN(C(=O)OC(C)(C)C)CCN21. The molecular formula is C39H39ClF2N2O6. The smallest absolute Gasteiger partial charge is 0.410 e. The minimum absolute atomic E-state index is 0.0150. The van der Waals surface area contributed by atoms with Crippen LogP contribution < -0.4 is 9.64 Å². The Kier molecular flexibility index (Phi) is 10.0. The van der Waals surface area contributed by atoms with Crippen LogP contribution >= 0.6 is 11.6 Å². The number of ether oxygens (including phenoxy) is 4. The van der Waals surface area contributed by atoms with E-state index in [0.29, 0.717) is 30.9 Å². The van der Waals surface area contributed by atoms with Gasteiger partial charge < -0.3 is 28.7 Å². The van der Waals surface area contributed by atoms with E-state index in [-0.39, 0.29) is 53.6 Å². The topological polar surface area (TPSA) is 77.5 Å². The van der Waals surface area contributed by atoms with Gasteiger partial charge in [0.15, 0.2) is 11.6 Å². The average Bonchev–Trinajstić information content (AvgIpc) is 3.43. The summed E-state index contributed by atoms with van der Waals surface area (Å²) < 4.78 is 54.9. The van der Waals surface area contributed by atoms with E-state index in [1.807, 2.05) is 65.6 Å². The molecule has 262 valence electrons. The van der Waals surface area contributed by atoms with Crippen molar-refractivity contribution in [3.63, 3.8) is 0 Å². The van der Waals surface area contributed by atoms with Crippen LogP contribution in [0.15, 0.2) is 78.9 Å². The van der Waals surface area contributed by atoms with Gasteiger partial charge in [-0.1, -0.05) is 72.3 Å². The number of benzene rings is 4. The maximum Gasteiger partial charge on any atom is 0.410 e. The van der Waals surface area contributed by atoms with Gasteiger partial charge >= 0.3 is 12.1 Å². The molecule has 0 spiro atoms. The van der Waals surface area contributed by atoms with Crippen molar-refractivity contribution in [1.82, 2.24) is 4.90 Å². The molecule has 0 aliphatic carbocycles. The molecule has 0 N–H and O–H groups in total. The van der Waals surface area contributed by atoms with Crippen molar-refractivity contribution in [2.75, 3.05) is 44.9 Å². The number of carbonyl (C=O) groups excluding carboxylic acids is 2. The summed E-state index contributed by atoms with van der Waals surface area (Å²) in [4.78, 5) is 30.2. The van der Waals surface area contributed by atoms with Crippen LogP contribution in [0, 0.1) is 11.6 Å². The fourth-order valence-electron chi connectivity index (χ4n) is 6.79. The Bertz CT molecular complexity index is 1890. The highest BCUT2D eigenvalue weighted by Gasteiger charge is 2.51. The number of esters is 1. The lowest BCUT2D eigenvalue weighted by Crippen LogP contribution is -2.60. The number of hydrogen-bond donors (Lipinski definition) is 0. The van der Waals surface area contributed by atoms with Crippen LogP contribution in [0.3, 0.4) is 0 Å². The molecule has 1 unspecified atom stereocenters. The first kappa shape index (κ1) is 35.2. The average molecular weight is 705 g/mol. The third-order valence-electron chi connectivity index (χ3n) is 8.95. The third-order valence-corrected chi connectivity index (χ3v) is 9.32. The van der Waals surface area contributed by atoms with E-state index in [1.165, 1.54) is 25.3 Å². The molecule has 4 aromatic carbocycles. The molecule has 1 amide bonds. The van der Waals surface area contributed by atoms with E-state index in [4.69, 9.17) is 30.5 Å². The molecule has 0 radical (unpaired) electrons. The van der Waals surface area contributed by atoms with Gasteiger partial charge in [-0.15, -0.1) is 0 Å². The second-order valence-electron chi connectivity index (χ2n) is 13.4. The zero-order valence-electron chi connectivity index (χ0n) is 28.4. The predicted molar refractivity (Wildman–Crippen MR) is 187 cm³/mol. The van der Waals surface area contributed by atoms with Gasteiger partial charge in [-0.05, 0) is 55.7 Å². The van der Waals surface area contributed by atoms with Crippen LogP contribution in [0.25, 0.3) is 11.1 Å². The Morgan fingerprint density at radius 3 is 2.30 bits per heavy atom. The number of nitrogens with zero attached hydrogens (tertiary/aromatic N) is 2. The van der Waals surface area contributed by atoms with Crippen LogP contribution in [-0.4, -0.2) is 62.5 Å². The fraction of sp³-hybridized carbons (Fsp3) is 0.333. The first-order valence-corrected chi connectivity index (χ1v) is 16.8. The number of amides is 1. The molecule has 11 heteroatoms. The second-order valence-corrected chi connectivity index (χ2v) is 13.7. The zero-order valence-corrected chi connectivity index (χ0v) is 29.2. The van der Waals surface area contributed by atoms with Crippen molar-refractivity contribution >= 4 is 29.4 Å². The summed E-state index contributed by atoms with van der Waals surface area (Å²) in [5.41, 5.74) is 0.942. The molecule has 0 aromatic heterocycles. The summed E-state index contributed by atoms with van der Waals surface area (Å²) in [5, 5.41) is -0.344. The van der Waals surface area contributed by atoms with Crippen LogP contribution in [0.1, 0.15) is 47.8 Å². The van der Waals surface area contributed by atoms with Gasteiger partial charge in [0.25, 0.3) is 0 Å². The molecule has 6 rings (SSSR count). The largest absolute Gasteiger partial charge is 0.488 e. The molecule has 2 heterocycles. The molecule has 8 nitrogen and oxygen atoms in total. The Labute approximate surface area is 295 Å². The maximum atomic E-state index is 16.7. The molecule has 0 saturated carbocycles. The lowest BCUT2D eigenvalue weighted by atomic mass is 9.82. The maximum absolute atomic E-state index is 16.7. The van der Waals surface area contributed by atoms with E-state index in [0.717, 1.165) is 11.1 Å². The summed E-state index contributed by atoms with van der Waals surface area (Å²) in [6.45, 7) is 6.80. The summed E-state index contributed by atoms with van der Waals surface area (Å²) in [6, 6.07) is 23.2. The van der Waals surface area contributed by atoms with Gasteiger partial charge in [0, 0.05) is 36.3 Å². The summed E-state index contributed by atoms with van der Waals surface area (Å²) in [7, 11) is 1.19. The van der Waals surface area contributed by atoms with E-state index in [1.54, 1.807) is 25.7 Å². The summed E-state index contributed by atoms with van der Waals surface area (Å²) in [6.07, 6.45) is -0.246. The molecule has 1 saturated heterocycles. The normalized spacial score (nSPS) is 16.9. The lowest BCUT2D eigenvalue weighted by Gasteiger charge is -2.48. The second kappa shape index (κ2) is 14.3. The van der Waals surface area contributed by atoms with Crippen molar-refractivity contribution in [2.45, 2.75) is 44.9 Å². The van der Waals surface area contributed by atoms with Crippen LogP contribution in [0.4, 0.5) is 19.3 Å². The molecule has 1 fully saturated rings. The number of hydrogen-bond acceptors (Lipinski definition) is 7. The van der Waals surface area contributed by atoms with Crippen molar-refractivity contribution in [2.24, 2.45) is 0 Å². The van der Waals surface area contributed by atoms with Gasteiger partial charge in [-0.3, -0.25) is 0 Å². The molecule has 50 heavy (non-hydrogen) atoms. The van der Waals surface area contributed by atoms with Crippen molar-refractivity contribution < 1.29 is 37.3 Å². The highest BCUT2D eigenvalue weighted by molar-refractivity contribution is 6.34. The summed E-state index contributed by atoms with van der Waals surface area (Å²) >= 11 is 6.74. The lowest BCUT2D eigenvalue weighted by molar-refractivity contribution is 0.0164. The van der Waals surface area contributed by atoms with Crippen LogP contribution in [-0.2, 0) is 32.8 Å². The van der Waals surface area contributed by atoms with E-state index in [2.05, 4.69) is 0 Å². The van der Waals surface area contributed by atoms with Gasteiger partial charge in [0.2, 0.25) is 0 Å². The zero-order chi connectivity index (χ0) is 35.6. The van der Waals surface area contributed by atoms with Crippen LogP contribution in [0.2, 0.25) is 5.02 Å². The number of fused-ring (bicyclic) bond motifs is 3. The van der Waals surface area contributed by atoms with Crippen molar-refractivity contribution in [3.05, 3.63) is 118 Å². The molecular weight excluding hydrogens is 666 g/mol. The molecule has 1 atom stereocenters. The molecule has 2 aliphatic rings. The van der Waals surface area contributed by atoms with Crippen molar-refractivity contribution in [3.8, 4) is 16.9 Å². The number of anilines is 1. The van der Waals surface area contributed by atoms with Gasteiger partial charge in [0.05, 0.1) is 43.0 Å². The minimum Gasteiger partial charge on any atom is -0.488 e. The highest BCUT2D eigenvalue weighted by atomic mass is 35.5. The highest BCUT2D eigenvalue weighted by Crippen LogP contribution is 2.53. The van der Waals surface area contributed by atoms with E-state index >= 15 is 8.78 Å². The Morgan fingerprint density at radius 2 is 1.62 bits per heavy atom. The van der Waals surface area contributed by atoms with E-state index in [9.17, 15) is 9.59 Å². The standard InChI is InChI=1S/C39H39ClF2N2O6/c1-38(2,3)50-37(46)43-17-18-44-30-21-29(41)34(40)32(28(30)22-39(44,24-43)26-13-9-6-10-14-26)33-27(36(45)47-4)15-16-31(35(33)42)49-20-19-48-23-25-11-7-5-8-12-25/h5-16,21H,17-20,22-24H2,1-4H3. The van der Waals surface area contributed by atoms with Crippen LogP contribution in [0.5, 0.6) is 5.75 Å². The Hall–Kier alpha value is -4.67. The Morgan fingerprint density at radius 1 is 0.920 bits per heavy atom. The van der Waals surface area contributed by atoms with E-state index < -0.39 is 34.8 Å². The predicted octanol–water partition coefficient (Wildman–Crippen LogP) is 8.18. The number of carbonyl (C=O) groups is 2. The molecule has 0 bridgehead atoms. The monoisotopic (exact) mass is 704 g/mol. The number of rotatable bonds is 9. The first-order chi connectivity index (χ1) is 23.9. The Balaban J connectivity index is 1.41. The number of halogens is 3. The third kappa shape index (κ3) is 6.87. The first-order valence-electron chi connectivity index (χ1n) is 16.4. The minimum atomic E-state index is -0.889. The fourth-order valence-corrected chi connectivity index (χ4v) is 7.05. The van der Waals surface area contributed by atoms with Gasteiger partial charge in [-0.2, -0.15) is 0 Å². The van der Waals surface area contributed by atoms with Crippen molar-refractivity contribution in [1.29, 1.82) is 0 Å². The van der Waals surface area contributed by atoms with Gasteiger partial charge in [0.1, 0.15) is 18.0 Å². The molecule has 2 aliphatic heterocycles. The molecule has 4 aromatic rings. The number of piperazine rings is 1. The quantitative estimate of drug-likeness (QED) is 0.129. The van der Waals surface area contributed by atoms with Gasteiger partial charge in [-0.25, -0.2) is 18.4 Å². The number of methoxy groups -OCH3 is 1.